The van der Waals surface area contributed by atoms with Crippen LogP contribution >= 0.6 is 0 Å². The first-order valence-electron chi connectivity index (χ1n) is 4.66. The molecule has 1 aliphatic rings. The highest BCUT2D eigenvalue weighted by Crippen LogP contribution is 2.04. The molecule has 0 spiro atoms. The zero-order valence-corrected chi connectivity index (χ0v) is 8.08. The van der Waals surface area contributed by atoms with Gasteiger partial charge >= 0.3 is 0 Å². The molecular formula is C10H14N2O2. The van der Waals surface area contributed by atoms with Gasteiger partial charge in [0.1, 0.15) is 5.78 Å². The van der Waals surface area contributed by atoms with Crippen LogP contribution in [0.1, 0.15) is 12.8 Å². The minimum absolute atomic E-state index is 0.113. The number of hydrogen-bond acceptors (Lipinski definition) is 3. The van der Waals surface area contributed by atoms with E-state index in [0.717, 1.165) is 13.0 Å². The summed E-state index contributed by atoms with van der Waals surface area (Å²) in [5, 5.41) is 2.57. The number of carbonyl (C=O) groups excluding carboxylic acids is 2. The molecule has 0 aromatic rings. The zero-order valence-electron chi connectivity index (χ0n) is 8.08. The third kappa shape index (κ3) is 3.58. The molecule has 0 aromatic heterocycles. The standard InChI is InChI=1S/C10H14N2O2/c1-2-5-11-10(14)8-12-6-3-4-9(13)7-12/h1H,3-8H2,(H,11,14). The van der Waals surface area contributed by atoms with E-state index < -0.39 is 0 Å². The van der Waals surface area contributed by atoms with Crippen LogP contribution in [0.3, 0.4) is 0 Å². The fraction of sp³-hybridized carbons (Fsp3) is 0.600. The first-order valence-corrected chi connectivity index (χ1v) is 4.66. The van der Waals surface area contributed by atoms with E-state index in [2.05, 4.69) is 11.2 Å². The lowest BCUT2D eigenvalue weighted by Gasteiger charge is -2.24. The molecule has 4 heteroatoms. The van der Waals surface area contributed by atoms with Crippen molar-refractivity contribution in [3.8, 4) is 12.3 Å². The first kappa shape index (κ1) is 10.7. The van der Waals surface area contributed by atoms with Crippen LogP contribution in [-0.2, 0) is 9.59 Å². The number of terminal acetylenes is 1. The molecule has 1 aliphatic heterocycles. The van der Waals surface area contributed by atoms with Gasteiger partial charge in [0.05, 0.1) is 19.6 Å². The predicted molar refractivity (Wildman–Crippen MR) is 52.5 cm³/mol. The molecule has 76 valence electrons. The molecule has 1 heterocycles. The highest BCUT2D eigenvalue weighted by Gasteiger charge is 2.18. The Hall–Kier alpha value is -1.34. The first-order chi connectivity index (χ1) is 6.72. The molecule has 1 N–H and O–H groups in total. The Labute approximate surface area is 83.6 Å². The summed E-state index contributed by atoms with van der Waals surface area (Å²) in [7, 11) is 0. The third-order valence-electron chi connectivity index (χ3n) is 2.08. The van der Waals surface area contributed by atoms with Crippen molar-refractivity contribution in [2.24, 2.45) is 0 Å². The van der Waals surface area contributed by atoms with Gasteiger partial charge in [-0.2, -0.15) is 0 Å². The summed E-state index contributed by atoms with van der Waals surface area (Å²) in [5.74, 6) is 2.42. The van der Waals surface area contributed by atoms with Gasteiger partial charge in [0.15, 0.2) is 0 Å². The molecule has 0 saturated carbocycles. The van der Waals surface area contributed by atoms with E-state index in [1.807, 2.05) is 4.90 Å². The number of hydrogen-bond donors (Lipinski definition) is 1. The minimum atomic E-state index is -0.113. The molecule has 4 nitrogen and oxygen atoms in total. The molecule has 14 heavy (non-hydrogen) atoms. The summed E-state index contributed by atoms with van der Waals surface area (Å²) in [6.45, 7) is 1.73. The molecule has 0 aliphatic carbocycles. The average Bonchev–Trinajstić information content (AvgIpc) is 2.15. The van der Waals surface area contributed by atoms with Crippen molar-refractivity contribution in [2.45, 2.75) is 12.8 Å². The summed E-state index contributed by atoms with van der Waals surface area (Å²) >= 11 is 0. The number of amides is 1. The molecule has 1 rings (SSSR count). The van der Waals surface area contributed by atoms with Gasteiger partial charge in [0.25, 0.3) is 0 Å². The van der Waals surface area contributed by atoms with Gasteiger partial charge in [-0.1, -0.05) is 5.92 Å². The largest absolute Gasteiger partial charge is 0.344 e. The summed E-state index contributed by atoms with van der Waals surface area (Å²) in [5.41, 5.74) is 0. The highest BCUT2D eigenvalue weighted by molar-refractivity contribution is 5.83. The van der Waals surface area contributed by atoms with Crippen molar-refractivity contribution in [1.82, 2.24) is 10.2 Å². The van der Waals surface area contributed by atoms with Crippen LogP contribution in [0, 0.1) is 12.3 Å². The third-order valence-corrected chi connectivity index (χ3v) is 2.08. The van der Waals surface area contributed by atoms with Gasteiger partial charge < -0.3 is 5.32 Å². The number of rotatable bonds is 3. The number of carbonyl (C=O) groups is 2. The predicted octanol–water partition coefficient (Wildman–Crippen LogP) is -0.599. The number of Topliss-reactive ketones (excluding diaryl/α,β-unsaturated/α-hetero) is 1. The Balaban J connectivity index is 2.26. The number of likely N-dealkylation sites (tertiary alicyclic amines) is 1. The van der Waals surface area contributed by atoms with E-state index in [4.69, 9.17) is 6.42 Å². The van der Waals surface area contributed by atoms with Gasteiger partial charge in [0.2, 0.25) is 5.91 Å². The van der Waals surface area contributed by atoms with Crippen LogP contribution in [0.5, 0.6) is 0 Å². The monoisotopic (exact) mass is 194 g/mol. The maximum Gasteiger partial charge on any atom is 0.234 e. The fourth-order valence-corrected chi connectivity index (χ4v) is 1.45. The molecule has 0 unspecified atom stereocenters. The van der Waals surface area contributed by atoms with Gasteiger partial charge in [-0.25, -0.2) is 0 Å². The van der Waals surface area contributed by atoms with Crippen LogP contribution in [0.2, 0.25) is 0 Å². The van der Waals surface area contributed by atoms with Gasteiger partial charge in [-0.05, 0) is 13.0 Å². The van der Waals surface area contributed by atoms with E-state index in [-0.39, 0.29) is 24.8 Å². The number of nitrogens with one attached hydrogen (secondary N) is 1. The van der Waals surface area contributed by atoms with Crippen molar-refractivity contribution in [1.29, 1.82) is 0 Å². The average molecular weight is 194 g/mol. The summed E-state index contributed by atoms with van der Waals surface area (Å²) in [6.07, 6.45) is 6.49. The maximum atomic E-state index is 11.2. The molecule has 1 saturated heterocycles. The quantitative estimate of drug-likeness (QED) is 0.610. The van der Waals surface area contributed by atoms with Crippen molar-refractivity contribution in [2.75, 3.05) is 26.2 Å². The molecule has 0 radical (unpaired) electrons. The fourth-order valence-electron chi connectivity index (χ4n) is 1.45. The van der Waals surface area contributed by atoms with E-state index >= 15 is 0 Å². The molecule has 0 atom stereocenters. The van der Waals surface area contributed by atoms with Crippen molar-refractivity contribution >= 4 is 11.7 Å². The topological polar surface area (TPSA) is 49.4 Å². The Morgan fingerprint density at radius 1 is 1.64 bits per heavy atom. The van der Waals surface area contributed by atoms with Crippen LogP contribution in [0.25, 0.3) is 0 Å². The van der Waals surface area contributed by atoms with E-state index in [0.29, 0.717) is 13.0 Å². The van der Waals surface area contributed by atoms with Crippen molar-refractivity contribution < 1.29 is 9.59 Å². The Bertz CT molecular complexity index is 268. The summed E-state index contributed by atoms with van der Waals surface area (Å²) in [4.78, 5) is 24.1. The normalized spacial score (nSPS) is 17.5. The Kier molecular flexibility index (Phi) is 4.14. The summed E-state index contributed by atoms with van der Waals surface area (Å²) < 4.78 is 0. The Morgan fingerprint density at radius 3 is 3.07 bits per heavy atom. The number of piperidine rings is 1. The SMILES string of the molecule is C#CCNC(=O)CN1CCCC(=O)C1. The van der Waals surface area contributed by atoms with Gasteiger partial charge in [-0.15, -0.1) is 6.42 Å². The van der Waals surface area contributed by atoms with Crippen LogP contribution in [-0.4, -0.2) is 42.8 Å². The molecular weight excluding hydrogens is 180 g/mol. The molecule has 0 aromatic carbocycles. The number of ketones is 1. The lowest BCUT2D eigenvalue weighted by Crippen LogP contribution is -2.42. The van der Waals surface area contributed by atoms with Crippen LogP contribution < -0.4 is 5.32 Å². The Morgan fingerprint density at radius 2 is 2.43 bits per heavy atom. The lowest BCUT2D eigenvalue weighted by molar-refractivity contribution is -0.125. The van der Waals surface area contributed by atoms with E-state index in [1.165, 1.54) is 0 Å². The minimum Gasteiger partial charge on any atom is -0.344 e. The molecule has 0 bridgehead atoms. The van der Waals surface area contributed by atoms with E-state index in [9.17, 15) is 9.59 Å². The molecule has 1 fully saturated rings. The second-order valence-electron chi connectivity index (χ2n) is 3.33. The lowest BCUT2D eigenvalue weighted by atomic mass is 10.1. The van der Waals surface area contributed by atoms with Crippen molar-refractivity contribution in [3.05, 3.63) is 0 Å². The summed E-state index contributed by atoms with van der Waals surface area (Å²) in [6, 6.07) is 0. The highest BCUT2D eigenvalue weighted by atomic mass is 16.2. The second kappa shape index (κ2) is 5.40. The van der Waals surface area contributed by atoms with Crippen molar-refractivity contribution in [3.63, 3.8) is 0 Å². The maximum absolute atomic E-state index is 11.2. The molecule has 1 amide bonds. The zero-order chi connectivity index (χ0) is 10.4. The smallest absolute Gasteiger partial charge is 0.234 e. The number of nitrogens with zero attached hydrogens (tertiary/aromatic N) is 1. The van der Waals surface area contributed by atoms with Gasteiger partial charge in [0, 0.05) is 6.42 Å². The van der Waals surface area contributed by atoms with E-state index in [1.54, 1.807) is 0 Å². The van der Waals surface area contributed by atoms with Crippen LogP contribution in [0.15, 0.2) is 0 Å². The second-order valence-corrected chi connectivity index (χ2v) is 3.33. The van der Waals surface area contributed by atoms with Crippen LogP contribution in [0.4, 0.5) is 0 Å². The van der Waals surface area contributed by atoms with Gasteiger partial charge in [-0.3, -0.25) is 14.5 Å².